The van der Waals surface area contributed by atoms with Crippen molar-refractivity contribution < 1.29 is 18.3 Å². The lowest BCUT2D eigenvalue weighted by molar-refractivity contribution is -0.105. The highest BCUT2D eigenvalue weighted by molar-refractivity contribution is 5.69. The molecule has 0 radical (unpaired) electrons. The molecule has 0 spiro atoms. The first-order valence-electron chi connectivity index (χ1n) is 7.84. The quantitative estimate of drug-likeness (QED) is 0.869. The summed E-state index contributed by atoms with van der Waals surface area (Å²) in [6.45, 7) is 1.33. The Morgan fingerprint density at radius 2 is 2.00 bits per heavy atom. The fourth-order valence-corrected chi connectivity index (χ4v) is 2.90. The monoisotopic (exact) mass is 312 g/mol. The number of ether oxygens (including phenoxy) is 2. The molecule has 0 saturated carbocycles. The largest absolute Gasteiger partial charge is 0.465 e. The molecule has 122 valence electrons. The van der Waals surface area contributed by atoms with E-state index in [1.807, 2.05) is 11.0 Å². The molecule has 2 aliphatic heterocycles. The SMILES string of the molecule is Nc1ccc(OC2CCCCO2)cc1N1CCC(F)(F)CC1. The zero-order valence-corrected chi connectivity index (χ0v) is 12.6. The molecule has 2 fully saturated rings. The van der Waals surface area contributed by atoms with Crippen molar-refractivity contribution in [2.24, 2.45) is 0 Å². The number of hydrogen-bond acceptors (Lipinski definition) is 4. The summed E-state index contributed by atoms with van der Waals surface area (Å²) >= 11 is 0. The minimum absolute atomic E-state index is 0.136. The number of benzene rings is 1. The van der Waals surface area contributed by atoms with Crippen molar-refractivity contribution in [3.63, 3.8) is 0 Å². The predicted molar refractivity (Wildman–Crippen MR) is 81.5 cm³/mol. The lowest BCUT2D eigenvalue weighted by atomic mass is 10.1. The molecular weight excluding hydrogens is 290 g/mol. The van der Waals surface area contributed by atoms with Crippen LogP contribution < -0.4 is 15.4 Å². The number of nitrogens with zero attached hydrogens (tertiary/aromatic N) is 1. The van der Waals surface area contributed by atoms with Crippen LogP contribution in [0.15, 0.2) is 18.2 Å². The molecule has 0 amide bonds. The van der Waals surface area contributed by atoms with Crippen LogP contribution >= 0.6 is 0 Å². The molecule has 1 atom stereocenters. The topological polar surface area (TPSA) is 47.7 Å². The van der Waals surface area contributed by atoms with Crippen LogP contribution in [0.4, 0.5) is 20.2 Å². The maximum Gasteiger partial charge on any atom is 0.251 e. The van der Waals surface area contributed by atoms with Crippen LogP contribution in [0, 0.1) is 0 Å². The normalized spacial score (nSPS) is 25.0. The van der Waals surface area contributed by atoms with Gasteiger partial charge in [-0.3, -0.25) is 0 Å². The van der Waals surface area contributed by atoms with Crippen molar-refractivity contribution in [3.05, 3.63) is 18.2 Å². The smallest absolute Gasteiger partial charge is 0.251 e. The molecule has 2 heterocycles. The van der Waals surface area contributed by atoms with Crippen molar-refractivity contribution in [1.82, 2.24) is 0 Å². The van der Waals surface area contributed by atoms with Crippen molar-refractivity contribution in [1.29, 1.82) is 0 Å². The minimum Gasteiger partial charge on any atom is -0.465 e. The third kappa shape index (κ3) is 3.61. The second-order valence-electron chi connectivity index (χ2n) is 5.98. The highest BCUT2D eigenvalue weighted by Crippen LogP contribution is 2.35. The zero-order chi connectivity index (χ0) is 15.6. The number of nitrogen functional groups attached to an aromatic ring is 1. The van der Waals surface area contributed by atoms with E-state index < -0.39 is 5.92 Å². The summed E-state index contributed by atoms with van der Waals surface area (Å²) in [6, 6.07) is 5.40. The number of alkyl halides is 2. The van der Waals surface area contributed by atoms with Gasteiger partial charge >= 0.3 is 0 Å². The predicted octanol–water partition coefficient (Wildman–Crippen LogP) is 3.41. The van der Waals surface area contributed by atoms with Crippen LogP contribution in [0.2, 0.25) is 0 Å². The van der Waals surface area contributed by atoms with Crippen molar-refractivity contribution in [3.8, 4) is 5.75 Å². The second kappa shape index (κ2) is 6.28. The van der Waals surface area contributed by atoms with Gasteiger partial charge < -0.3 is 20.1 Å². The van der Waals surface area contributed by atoms with Gasteiger partial charge in [0, 0.05) is 38.4 Å². The summed E-state index contributed by atoms with van der Waals surface area (Å²) < 4.78 is 38.0. The number of piperidine rings is 1. The van der Waals surface area contributed by atoms with Gasteiger partial charge in [-0.1, -0.05) is 0 Å². The summed E-state index contributed by atoms with van der Waals surface area (Å²) in [5, 5.41) is 0. The molecule has 2 aliphatic rings. The Hall–Kier alpha value is -1.56. The summed E-state index contributed by atoms with van der Waals surface area (Å²) in [5.74, 6) is -1.89. The lowest BCUT2D eigenvalue weighted by Crippen LogP contribution is -2.39. The first-order valence-corrected chi connectivity index (χ1v) is 7.84. The molecule has 3 rings (SSSR count). The van der Waals surface area contributed by atoms with E-state index in [0.717, 1.165) is 24.9 Å². The lowest BCUT2D eigenvalue weighted by Gasteiger charge is -2.34. The van der Waals surface area contributed by atoms with Gasteiger partial charge in [0.25, 0.3) is 5.92 Å². The third-order valence-corrected chi connectivity index (χ3v) is 4.24. The molecule has 0 aromatic heterocycles. The van der Waals surface area contributed by atoms with E-state index in [9.17, 15) is 8.78 Å². The molecule has 0 aliphatic carbocycles. The second-order valence-corrected chi connectivity index (χ2v) is 5.98. The van der Waals surface area contributed by atoms with Gasteiger partial charge in [-0.15, -0.1) is 0 Å². The minimum atomic E-state index is -2.56. The summed E-state index contributed by atoms with van der Waals surface area (Å²) in [6.07, 6.45) is 2.53. The molecule has 0 bridgehead atoms. The van der Waals surface area contributed by atoms with Crippen LogP contribution in [-0.2, 0) is 4.74 Å². The third-order valence-electron chi connectivity index (χ3n) is 4.24. The van der Waals surface area contributed by atoms with Crippen LogP contribution in [0.3, 0.4) is 0 Å². The molecule has 4 nitrogen and oxygen atoms in total. The number of anilines is 2. The Morgan fingerprint density at radius 3 is 2.68 bits per heavy atom. The van der Waals surface area contributed by atoms with Gasteiger partial charge in [-0.05, 0) is 25.0 Å². The van der Waals surface area contributed by atoms with Crippen LogP contribution in [0.25, 0.3) is 0 Å². The molecule has 1 aromatic rings. The van der Waals surface area contributed by atoms with E-state index in [1.54, 1.807) is 12.1 Å². The van der Waals surface area contributed by atoms with E-state index >= 15 is 0 Å². The molecule has 6 heteroatoms. The van der Waals surface area contributed by atoms with E-state index in [0.29, 0.717) is 31.1 Å². The fourth-order valence-electron chi connectivity index (χ4n) is 2.90. The number of rotatable bonds is 3. The van der Waals surface area contributed by atoms with Crippen molar-refractivity contribution in [2.45, 2.75) is 44.3 Å². The molecule has 2 N–H and O–H groups in total. The fraction of sp³-hybridized carbons (Fsp3) is 0.625. The van der Waals surface area contributed by atoms with E-state index in [2.05, 4.69) is 0 Å². The van der Waals surface area contributed by atoms with Gasteiger partial charge in [0.1, 0.15) is 5.75 Å². The molecular formula is C16H22F2N2O2. The molecule has 1 unspecified atom stereocenters. The van der Waals surface area contributed by atoms with Crippen molar-refractivity contribution in [2.75, 3.05) is 30.3 Å². The molecule has 22 heavy (non-hydrogen) atoms. The Kier molecular flexibility index (Phi) is 4.38. The summed E-state index contributed by atoms with van der Waals surface area (Å²) in [4.78, 5) is 1.90. The van der Waals surface area contributed by atoms with Gasteiger partial charge in [0.05, 0.1) is 18.0 Å². The maximum atomic E-state index is 13.3. The Bertz CT molecular complexity index is 509. The Morgan fingerprint density at radius 1 is 1.23 bits per heavy atom. The van der Waals surface area contributed by atoms with Gasteiger partial charge in [-0.25, -0.2) is 8.78 Å². The van der Waals surface area contributed by atoms with E-state index in [-0.39, 0.29) is 19.1 Å². The number of halogens is 2. The molecule has 2 saturated heterocycles. The first kappa shape index (κ1) is 15.3. The Labute approximate surface area is 129 Å². The van der Waals surface area contributed by atoms with E-state index in [4.69, 9.17) is 15.2 Å². The van der Waals surface area contributed by atoms with E-state index in [1.165, 1.54) is 0 Å². The van der Waals surface area contributed by atoms with Gasteiger partial charge in [0.2, 0.25) is 0 Å². The standard InChI is InChI=1S/C16H22F2N2O2/c17-16(18)6-8-20(9-7-16)14-11-12(4-5-13(14)19)22-15-3-1-2-10-21-15/h4-5,11,15H,1-3,6-10,19H2. The average molecular weight is 312 g/mol. The maximum absolute atomic E-state index is 13.3. The number of hydrogen-bond donors (Lipinski definition) is 1. The van der Waals surface area contributed by atoms with Crippen LogP contribution in [0.5, 0.6) is 5.75 Å². The first-order chi connectivity index (χ1) is 10.5. The van der Waals surface area contributed by atoms with Crippen molar-refractivity contribution >= 4 is 11.4 Å². The average Bonchev–Trinajstić information content (AvgIpc) is 2.51. The highest BCUT2D eigenvalue weighted by Gasteiger charge is 2.34. The summed E-state index contributed by atoms with van der Waals surface area (Å²) in [7, 11) is 0. The highest BCUT2D eigenvalue weighted by atomic mass is 19.3. The zero-order valence-electron chi connectivity index (χ0n) is 12.6. The summed E-state index contributed by atoms with van der Waals surface area (Å²) in [5.41, 5.74) is 7.36. The van der Waals surface area contributed by atoms with Gasteiger partial charge in [-0.2, -0.15) is 0 Å². The molecule has 1 aromatic carbocycles. The number of nitrogens with two attached hydrogens (primary N) is 1. The van der Waals surface area contributed by atoms with Crippen LogP contribution in [0.1, 0.15) is 32.1 Å². The Balaban J connectivity index is 1.70. The van der Waals surface area contributed by atoms with Gasteiger partial charge in [0.15, 0.2) is 6.29 Å². The van der Waals surface area contributed by atoms with Crippen LogP contribution in [-0.4, -0.2) is 31.9 Å².